The molecular formula is C22H20F2N4O4. The number of para-hydroxylation sites is 2. The number of carbonyl (C=O) groups excluding carboxylic acids is 2. The molecule has 2 atom stereocenters. The lowest BCUT2D eigenvalue weighted by Gasteiger charge is -2.22. The summed E-state index contributed by atoms with van der Waals surface area (Å²) in [5.41, 5.74) is 0.229. The lowest BCUT2D eigenvalue weighted by atomic mass is 9.93. The zero-order chi connectivity index (χ0) is 22.5. The van der Waals surface area contributed by atoms with Crippen LogP contribution in [0.1, 0.15) is 30.2 Å². The van der Waals surface area contributed by atoms with Crippen molar-refractivity contribution >= 4 is 23.0 Å². The summed E-state index contributed by atoms with van der Waals surface area (Å²) in [5, 5.41) is 7.94. The maximum Gasteiger partial charge on any atom is 0.316 e. The number of carbonyl (C=O) groups is 2. The molecule has 0 bridgehead atoms. The number of halogens is 2. The number of rotatable bonds is 5. The fraction of sp³-hybridized carbons (Fsp3) is 0.318. The minimum atomic E-state index is -1.15. The highest BCUT2D eigenvalue weighted by Gasteiger charge is 2.51. The Hall–Kier alpha value is -3.69. The van der Waals surface area contributed by atoms with E-state index in [0.717, 1.165) is 12.1 Å². The van der Waals surface area contributed by atoms with Gasteiger partial charge in [-0.2, -0.15) is 0 Å². The van der Waals surface area contributed by atoms with Gasteiger partial charge < -0.3 is 25.1 Å². The van der Waals surface area contributed by atoms with Crippen LogP contribution in [0.4, 0.5) is 13.6 Å². The van der Waals surface area contributed by atoms with Crippen LogP contribution in [0.2, 0.25) is 0 Å². The third-order valence-electron chi connectivity index (χ3n) is 5.93. The first-order chi connectivity index (χ1) is 15.4. The highest BCUT2D eigenvalue weighted by Crippen LogP contribution is 2.45. The summed E-state index contributed by atoms with van der Waals surface area (Å²) in [6.07, 6.45) is 1.24. The standard InChI is InChI=1S/C22H20F2N4O4/c1-31-11-8-13(23)17(14(24)9-11)12-10-25-19(29)18(12)27-21(30)28-22(6-7-22)20-26-15-4-2-3-5-16(15)32-20/h2-5,8-9,12,18H,6-7,10H2,1H3,(H,25,29)(H2,27,28,30)/t12-,18-/m0/s1. The van der Waals surface area contributed by atoms with Crippen LogP contribution in [0.3, 0.4) is 0 Å². The molecule has 32 heavy (non-hydrogen) atoms. The quantitative estimate of drug-likeness (QED) is 0.564. The molecule has 166 valence electrons. The Kier molecular flexibility index (Phi) is 4.72. The van der Waals surface area contributed by atoms with Crippen molar-refractivity contribution in [2.75, 3.05) is 13.7 Å². The average Bonchev–Trinajstić information content (AvgIpc) is 3.26. The van der Waals surface area contributed by atoms with E-state index in [0.29, 0.717) is 29.8 Å². The van der Waals surface area contributed by atoms with Gasteiger partial charge in [-0.3, -0.25) is 4.79 Å². The molecule has 5 rings (SSSR count). The number of aromatic nitrogens is 1. The Morgan fingerprint density at radius 1 is 1.25 bits per heavy atom. The third-order valence-corrected chi connectivity index (χ3v) is 5.93. The van der Waals surface area contributed by atoms with Crippen LogP contribution in [0.5, 0.6) is 5.75 Å². The topological polar surface area (TPSA) is 105 Å². The van der Waals surface area contributed by atoms with Gasteiger partial charge in [-0.25, -0.2) is 18.6 Å². The minimum Gasteiger partial charge on any atom is -0.497 e. The minimum absolute atomic E-state index is 0.0137. The lowest BCUT2D eigenvalue weighted by Crippen LogP contribution is -2.50. The van der Waals surface area contributed by atoms with Crippen LogP contribution in [0, 0.1) is 11.6 Å². The van der Waals surface area contributed by atoms with Crippen LogP contribution in [0.15, 0.2) is 40.8 Å². The van der Waals surface area contributed by atoms with E-state index in [2.05, 4.69) is 20.9 Å². The lowest BCUT2D eigenvalue weighted by molar-refractivity contribution is -0.120. The van der Waals surface area contributed by atoms with E-state index in [1.165, 1.54) is 7.11 Å². The van der Waals surface area contributed by atoms with Gasteiger partial charge >= 0.3 is 6.03 Å². The van der Waals surface area contributed by atoms with E-state index in [-0.39, 0.29) is 17.9 Å². The van der Waals surface area contributed by atoms with Crippen molar-refractivity contribution in [1.82, 2.24) is 20.9 Å². The number of methoxy groups -OCH3 is 1. The second-order valence-electron chi connectivity index (χ2n) is 8.00. The van der Waals surface area contributed by atoms with Gasteiger partial charge in [0.2, 0.25) is 11.8 Å². The summed E-state index contributed by atoms with van der Waals surface area (Å²) in [6, 6.07) is 7.56. The van der Waals surface area contributed by atoms with Crippen molar-refractivity contribution in [3.05, 3.63) is 59.5 Å². The number of nitrogens with one attached hydrogen (secondary N) is 3. The Morgan fingerprint density at radius 2 is 1.97 bits per heavy atom. The molecule has 1 aromatic heterocycles. The molecule has 3 amide bonds. The molecule has 2 aromatic carbocycles. The van der Waals surface area contributed by atoms with Crippen molar-refractivity contribution in [3.8, 4) is 5.75 Å². The molecule has 8 nitrogen and oxygen atoms in total. The first-order valence-corrected chi connectivity index (χ1v) is 10.2. The molecular weight excluding hydrogens is 422 g/mol. The monoisotopic (exact) mass is 442 g/mol. The van der Waals surface area contributed by atoms with Crippen molar-refractivity contribution in [2.24, 2.45) is 0 Å². The molecule has 2 heterocycles. The van der Waals surface area contributed by atoms with Gasteiger partial charge in [0.15, 0.2) is 5.58 Å². The van der Waals surface area contributed by atoms with E-state index in [1.54, 1.807) is 6.07 Å². The van der Waals surface area contributed by atoms with E-state index >= 15 is 0 Å². The summed E-state index contributed by atoms with van der Waals surface area (Å²) >= 11 is 0. The molecule has 1 saturated heterocycles. The largest absolute Gasteiger partial charge is 0.497 e. The average molecular weight is 442 g/mol. The predicted molar refractivity (Wildman–Crippen MR) is 109 cm³/mol. The van der Waals surface area contributed by atoms with Gasteiger partial charge in [0.25, 0.3) is 0 Å². The summed E-state index contributed by atoms with van der Waals surface area (Å²) < 4.78 is 39.8. The van der Waals surface area contributed by atoms with Crippen LogP contribution in [-0.4, -0.2) is 36.6 Å². The predicted octanol–water partition coefficient (Wildman–Crippen LogP) is 2.69. The fourth-order valence-corrected chi connectivity index (χ4v) is 4.08. The molecule has 0 radical (unpaired) electrons. The number of fused-ring (bicyclic) bond motifs is 1. The Balaban J connectivity index is 1.35. The highest BCUT2D eigenvalue weighted by atomic mass is 19.1. The molecule has 0 unspecified atom stereocenters. The van der Waals surface area contributed by atoms with Crippen molar-refractivity contribution in [3.63, 3.8) is 0 Å². The smallest absolute Gasteiger partial charge is 0.316 e. The number of oxazole rings is 1. The normalized spacial score (nSPS) is 21.3. The summed E-state index contributed by atoms with van der Waals surface area (Å²) in [5.74, 6) is -2.72. The fourth-order valence-electron chi connectivity index (χ4n) is 4.08. The van der Waals surface area contributed by atoms with E-state index in [4.69, 9.17) is 9.15 Å². The molecule has 3 aromatic rings. The van der Waals surface area contributed by atoms with Gasteiger partial charge in [-0.05, 0) is 25.0 Å². The van der Waals surface area contributed by atoms with Gasteiger partial charge in [0.1, 0.15) is 34.5 Å². The number of ether oxygens (including phenoxy) is 1. The van der Waals surface area contributed by atoms with Crippen molar-refractivity contribution in [1.29, 1.82) is 0 Å². The number of amides is 3. The Morgan fingerprint density at radius 3 is 2.62 bits per heavy atom. The van der Waals surface area contributed by atoms with E-state index < -0.39 is 41.1 Å². The van der Waals surface area contributed by atoms with Crippen molar-refractivity contribution in [2.45, 2.75) is 30.3 Å². The number of nitrogens with zero attached hydrogens (tertiary/aromatic N) is 1. The van der Waals surface area contributed by atoms with Gasteiger partial charge in [-0.1, -0.05) is 12.1 Å². The molecule has 1 aliphatic heterocycles. The van der Waals surface area contributed by atoms with Gasteiger partial charge in [0.05, 0.1) is 7.11 Å². The number of benzene rings is 2. The zero-order valence-corrected chi connectivity index (χ0v) is 17.1. The molecule has 3 N–H and O–H groups in total. The maximum atomic E-state index is 14.6. The summed E-state index contributed by atoms with van der Waals surface area (Å²) in [7, 11) is 1.30. The molecule has 10 heteroatoms. The van der Waals surface area contributed by atoms with Crippen LogP contribution >= 0.6 is 0 Å². The maximum absolute atomic E-state index is 14.6. The SMILES string of the molecule is COc1cc(F)c([C@@H]2CNC(=O)[C@H]2NC(=O)NC2(c3nc4ccccc4o3)CC2)c(F)c1. The molecule has 2 fully saturated rings. The second kappa shape index (κ2) is 7.47. The second-order valence-corrected chi connectivity index (χ2v) is 8.00. The molecule has 1 aliphatic carbocycles. The van der Waals surface area contributed by atoms with Gasteiger partial charge in [0, 0.05) is 30.2 Å². The number of hydrogen-bond acceptors (Lipinski definition) is 5. The van der Waals surface area contributed by atoms with Crippen LogP contribution in [-0.2, 0) is 10.3 Å². The first kappa shape index (κ1) is 20.2. The van der Waals surface area contributed by atoms with Crippen LogP contribution in [0.25, 0.3) is 11.1 Å². The van der Waals surface area contributed by atoms with Gasteiger partial charge in [-0.15, -0.1) is 0 Å². The third kappa shape index (κ3) is 3.41. The first-order valence-electron chi connectivity index (χ1n) is 10.2. The van der Waals surface area contributed by atoms with E-state index in [1.807, 2.05) is 18.2 Å². The molecule has 2 aliphatic rings. The zero-order valence-electron chi connectivity index (χ0n) is 17.1. The van der Waals surface area contributed by atoms with Crippen LogP contribution < -0.4 is 20.7 Å². The number of hydrogen-bond donors (Lipinski definition) is 3. The van der Waals surface area contributed by atoms with E-state index in [9.17, 15) is 18.4 Å². The highest BCUT2D eigenvalue weighted by molar-refractivity contribution is 5.90. The molecule has 1 saturated carbocycles. The Bertz CT molecular complexity index is 1170. The summed E-state index contributed by atoms with van der Waals surface area (Å²) in [4.78, 5) is 29.6. The molecule has 0 spiro atoms. The van der Waals surface area contributed by atoms with Crippen molar-refractivity contribution < 1.29 is 27.5 Å². The number of urea groups is 1. The summed E-state index contributed by atoms with van der Waals surface area (Å²) in [6.45, 7) is -0.0137. The Labute approximate surface area is 181 Å².